The van der Waals surface area contributed by atoms with Gasteiger partial charge in [-0.05, 0) is 34.9 Å². The molecular formula is C26H26N2O4. The van der Waals surface area contributed by atoms with Crippen molar-refractivity contribution in [2.75, 3.05) is 7.11 Å². The fourth-order valence-corrected chi connectivity index (χ4v) is 3.68. The fourth-order valence-electron chi connectivity index (χ4n) is 3.68. The van der Waals surface area contributed by atoms with Crippen LogP contribution < -0.4 is 14.8 Å². The van der Waals surface area contributed by atoms with Gasteiger partial charge in [0.15, 0.2) is 11.5 Å². The zero-order chi connectivity index (χ0) is 22.3. The number of para-hydroxylation sites is 1. The molecule has 1 heterocycles. The maximum Gasteiger partial charge on any atom is 0.321 e. The maximum atomic E-state index is 11.9. The Balaban J connectivity index is 1.41. The van der Waals surface area contributed by atoms with Crippen molar-refractivity contribution in [2.24, 2.45) is 0 Å². The lowest BCUT2D eigenvalue weighted by Gasteiger charge is -2.16. The Morgan fingerprint density at radius 3 is 2.56 bits per heavy atom. The molecule has 3 N–H and O–H groups in total. The molecule has 4 aromatic rings. The van der Waals surface area contributed by atoms with E-state index < -0.39 is 12.0 Å². The van der Waals surface area contributed by atoms with Gasteiger partial charge in [0.1, 0.15) is 12.6 Å². The number of nitrogens with one attached hydrogen (secondary N) is 2. The Bertz CT molecular complexity index is 1190. The molecule has 0 saturated heterocycles. The zero-order valence-electron chi connectivity index (χ0n) is 17.9. The summed E-state index contributed by atoms with van der Waals surface area (Å²) in [6.07, 6.45) is 2.26. The topological polar surface area (TPSA) is 83.6 Å². The summed E-state index contributed by atoms with van der Waals surface area (Å²) in [6, 6.07) is 22.7. The maximum absolute atomic E-state index is 11.9. The minimum Gasteiger partial charge on any atom is -0.493 e. The largest absolute Gasteiger partial charge is 0.493 e. The summed E-state index contributed by atoms with van der Waals surface area (Å²) in [5, 5.41) is 13.9. The van der Waals surface area contributed by atoms with Crippen LogP contribution in [0.3, 0.4) is 0 Å². The molecule has 0 amide bonds. The van der Waals surface area contributed by atoms with Crippen LogP contribution in [0, 0.1) is 0 Å². The second-order valence-corrected chi connectivity index (χ2v) is 7.59. The molecule has 3 aromatic carbocycles. The van der Waals surface area contributed by atoms with Gasteiger partial charge >= 0.3 is 5.97 Å². The molecule has 0 fully saturated rings. The molecule has 0 aliphatic heterocycles. The van der Waals surface area contributed by atoms with E-state index in [0.717, 1.165) is 27.6 Å². The van der Waals surface area contributed by atoms with Crippen molar-refractivity contribution in [1.29, 1.82) is 0 Å². The number of hydrogen-bond donors (Lipinski definition) is 3. The zero-order valence-corrected chi connectivity index (χ0v) is 17.9. The number of ether oxygens (including phenoxy) is 2. The van der Waals surface area contributed by atoms with E-state index in [4.69, 9.17) is 9.47 Å². The predicted octanol–water partition coefficient (Wildman–Crippen LogP) is 4.54. The van der Waals surface area contributed by atoms with Crippen molar-refractivity contribution in [3.63, 3.8) is 0 Å². The molecule has 0 aliphatic carbocycles. The van der Waals surface area contributed by atoms with Gasteiger partial charge in [-0.1, -0.05) is 54.6 Å². The highest BCUT2D eigenvalue weighted by atomic mass is 16.5. The van der Waals surface area contributed by atoms with Gasteiger partial charge in [-0.25, -0.2) is 0 Å². The highest BCUT2D eigenvalue weighted by Crippen LogP contribution is 2.29. The number of aromatic nitrogens is 1. The monoisotopic (exact) mass is 430 g/mol. The number of rotatable bonds is 10. The van der Waals surface area contributed by atoms with Gasteiger partial charge in [0, 0.05) is 30.1 Å². The smallest absolute Gasteiger partial charge is 0.321 e. The molecule has 6 nitrogen and oxygen atoms in total. The normalized spacial score (nSPS) is 11.9. The van der Waals surface area contributed by atoms with Crippen molar-refractivity contribution in [1.82, 2.24) is 10.3 Å². The SMILES string of the molecule is COc1cc(CNC(Cc2c[nH]c3ccccc23)C(=O)O)ccc1OCc1ccccc1. The van der Waals surface area contributed by atoms with E-state index in [1.165, 1.54) is 0 Å². The summed E-state index contributed by atoms with van der Waals surface area (Å²) in [6.45, 7) is 0.842. The Labute approximate surface area is 186 Å². The summed E-state index contributed by atoms with van der Waals surface area (Å²) in [7, 11) is 1.60. The Kier molecular flexibility index (Phi) is 6.72. The first-order valence-corrected chi connectivity index (χ1v) is 10.5. The molecule has 0 radical (unpaired) electrons. The minimum atomic E-state index is -0.884. The van der Waals surface area contributed by atoms with Crippen molar-refractivity contribution in [2.45, 2.75) is 25.6 Å². The van der Waals surface area contributed by atoms with Gasteiger partial charge in [-0.2, -0.15) is 0 Å². The summed E-state index contributed by atoms with van der Waals surface area (Å²) in [5.41, 5.74) is 3.96. The third kappa shape index (κ3) is 5.10. The van der Waals surface area contributed by atoms with Gasteiger partial charge in [0.05, 0.1) is 7.11 Å². The standard InChI is InChI=1S/C26H26N2O4/c1-31-25-13-19(11-12-24(25)32-17-18-7-3-2-4-8-18)15-27-23(26(29)30)14-20-16-28-22-10-6-5-9-21(20)22/h2-13,16,23,27-28H,14-15,17H2,1H3,(H,29,30). The van der Waals surface area contributed by atoms with Crippen molar-refractivity contribution in [3.8, 4) is 11.5 Å². The number of carboxylic acids is 1. The van der Waals surface area contributed by atoms with Crippen LogP contribution in [0.25, 0.3) is 10.9 Å². The Morgan fingerprint density at radius 2 is 1.78 bits per heavy atom. The summed E-state index contributed by atoms with van der Waals surface area (Å²) >= 11 is 0. The lowest BCUT2D eigenvalue weighted by molar-refractivity contribution is -0.139. The van der Waals surface area contributed by atoms with Gasteiger partial charge in [0.25, 0.3) is 0 Å². The van der Waals surface area contributed by atoms with E-state index in [9.17, 15) is 9.90 Å². The van der Waals surface area contributed by atoms with E-state index in [1.54, 1.807) is 7.11 Å². The Hall–Kier alpha value is -3.77. The first-order valence-electron chi connectivity index (χ1n) is 10.5. The highest BCUT2D eigenvalue weighted by Gasteiger charge is 2.19. The molecule has 0 spiro atoms. The quantitative estimate of drug-likeness (QED) is 0.344. The number of methoxy groups -OCH3 is 1. The Morgan fingerprint density at radius 1 is 1.00 bits per heavy atom. The van der Waals surface area contributed by atoms with Gasteiger partial charge < -0.3 is 24.9 Å². The van der Waals surface area contributed by atoms with E-state index in [2.05, 4.69) is 10.3 Å². The van der Waals surface area contributed by atoms with E-state index in [0.29, 0.717) is 31.1 Å². The van der Waals surface area contributed by atoms with Crippen molar-refractivity contribution >= 4 is 16.9 Å². The average Bonchev–Trinajstić information content (AvgIpc) is 3.24. The molecular weight excluding hydrogens is 404 g/mol. The molecule has 1 unspecified atom stereocenters. The lowest BCUT2D eigenvalue weighted by Crippen LogP contribution is -2.38. The minimum absolute atomic E-state index is 0.384. The predicted molar refractivity (Wildman–Crippen MR) is 124 cm³/mol. The molecule has 4 rings (SSSR count). The van der Waals surface area contributed by atoms with Crippen LogP contribution in [0.1, 0.15) is 16.7 Å². The van der Waals surface area contributed by atoms with Gasteiger partial charge in [0.2, 0.25) is 0 Å². The fraction of sp³-hybridized carbons (Fsp3) is 0.192. The summed E-state index contributed by atoms with van der Waals surface area (Å²) < 4.78 is 11.4. The summed E-state index contributed by atoms with van der Waals surface area (Å²) in [4.78, 5) is 15.1. The number of aliphatic carboxylic acids is 1. The molecule has 0 bridgehead atoms. The van der Waals surface area contributed by atoms with Crippen LogP contribution in [0.15, 0.2) is 79.0 Å². The van der Waals surface area contributed by atoms with Crippen LogP contribution in [-0.2, 0) is 24.4 Å². The number of fused-ring (bicyclic) bond motifs is 1. The van der Waals surface area contributed by atoms with Crippen LogP contribution in [-0.4, -0.2) is 29.2 Å². The van der Waals surface area contributed by atoms with Crippen LogP contribution >= 0.6 is 0 Å². The molecule has 6 heteroatoms. The van der Waals surface area contributed by atoms with E-state index in [1.807, 2.05) is 79.0 Å². The molecule has 32 heavy (non-hydrogen) atoms. The molecule has 1 atom stereocenters. The first kappa shape index (κ1) is 21.5. The van der Waals surface area contributed by atoms with Crippen molar-refractivity contribution < 1.29 is 19.4 Å². The average molecular weight is 431 g/mol. The second kappa shape index (κ2) is 10.0. The molecule has 164 valence electrons. The van der Waals surface area contributed by atoms with Crippen LogP contribution in [0.4, 0.5) is 0 Å². The first-order chi connectivity index (χ1) is 15.6. The van der Waals surface area contributed by atoms with Gasteiger partial charge in [-0.15, -0.1) is 0 Å². The molecule has 1 aromatic heterocycles. The molecule has 0 saturated carbocycles. The van der Waals surface area contributed by atoms with E-state index >= 15 is 0 Å². The number of benzene rings is 3. The number of hydrogen-bond acceptors (Lipinski definition) is 4. The summed E-state index contributed by atoms with van der Waals surface area (Å²) in [5.74, 6) is 0.377. The highest BCUT2D eigenvalue weighted by molar-refractivity contribution is 5.84. The third-order valence-corrected chi connectivity index (χ3v) is 5.41. The van der Waals surface area contributed by atoms with Gasteiger partial charge in [-0.3, -0.25) is 4.79 Å². The van der Waals surface area contributed by atoms with Crippen LogP contribution in [0.2, 0.25) is 0 Å². The number of carbonyl (C=O) groups is 1. The van der Waals surface area contributed by atoms with E-state index in [-0.39, 0.29) is 0 Å². The second-order valence-electron chi connectivity index (χ2n) is 7.59. The number of H-pyrrole nitrogens is 1. The molecule has 0 aliphatic rings. The third-order valence-electron chi connectivity index (χ3n) is 5.41. The van der Waals surface area contributed by atoms with Crippen molar-refractivity contribution in [3.05, 3.63) is 95.7 Å². The lowest BCUT2D eigenvalue weighted by atomic mass is 10.0. The van der Waals surface area contributed by atoms with Crippen LogP contribution in [0.5, 0.6) is 11.5 Å². The number of aromatic amines is 1. The number of carboxylic acid groups (broad SMARTS) is 1.